The smallest absolute Gasteiger partial charge is 0.445 e. The maximum Gasteiger partial charge on any atom is 1.00 e. The zero-order valence-electron chi connectivity index (χ0n) is 7.65. The Hall–Kier alpha value is 0.861. The van der Waals surface area contributed by atoms with Crippen LogP contribution in [0, 0.1) is 0 Å². The summed E-state index contributed by atoms with van der Waals surface area (Å²) in [5, 5.41) is -0.907. The molecule has 0 N–H and O–H groups in total. The molecule has 0 aromatic heterocycles. The molecule has 1 aromatic rings. The predicted octanol–water partition coefficient (Wildman–Crippen LogP) is 0.336. The first-order chi connectivity index (χ1) is 6.34. The van der Waals surface area contributed by atoms with Crippen LogP contribution in [-0.4, -0.2) is 6.98 Å². The minimum atomic E-state index is -5.34. The third-order valence-corrected chi connectivity index (χ3v) is 2.08. The van der Waals surface area contributed by atoms with E-state index >= 15 is 0 Å². The van der Waals surface area contributed by atoms with Crippen molar-refractivity contribution in [3.8, 4) is 0 Å². The molecule has 0 radical (unpaired) electrons. The van der Waals surface area contributed by atoms with Crippen LogP contribution in [0.2, 0.25) is 5.02 Å². The molecule has 0 atom stereocenters. The van der Waals surface area contributed by atoms with Crippen LogP contribution in [0.1, 0.15) is 12.0 Å². The molecule has 1 rings (SSSR count). The first kappa shape index (κ1) is 15.9. The Bertz CT molecular complexity index is 341. The van der Waals surface area contributed by atoms with Gasteiger partial charge in [-0.15, -0.1) is 0 Å². The van der Waals surface area contributed by atoms with Gasteiger partial charge in [-0.25, -0.2) is 8.78 Å². The van der Waals surface area contributed by atoms with Crippen LogP contribution in [-0.2, 0) is 0 Å². The predicted molar refractivity (Wildman–Crippen MR) is 45.1 cm³/mol. The maximum atomic E-state index is 12.2. The summed E-state index contributed by atoms with van der Waals surface area (Å²) in [7, 11) is 0. The van der Waals surface area contributed by atoms with Crippen molar-refractivity contribution in [1.29, 1.82) is 0 Å². The Labute approximate surface area is 131 Å². The molecular weight excluding hydrogens is 264 g/mol. The van der Waals surface area contributed by atoms with E-state index in [1.54, 1.807) is 0 Å². The molecule has 15 heavy (non-hydrogen) atoms. The zero-order valence-corrected chi connectivity index (χ0v) is 11.5. The van der Waals surface area contributed by atoms with Gasteiger partial charge in [0, 0.05) is 10.6 Å². The van der Waals surface area contributed by atoms with E-state index in [1.165, 1.54) is 0 Å². The number of halogens is 6. The first-order valence-corrected chi connectivity index (χ1v) is 3.98. The SMILES string of the molecule is FC(F)c1cccc([B-](F)(F)F)c1Cl.[K+]. The molecule has 0 saturated heterocycles. The molecule has 0 unspecified atom stereocenters. The van der Waals surface area contributed by atoms with Crippen molar-refractivity contribution in [3.63, 3.8) is 0 Å². The van der Waals surface area contributed by atoms with Crippen molar-refractivity contribution in [1.82, 2.24) is 0 Å². The molecule has 0 aliphatic carbocycles. The van der Waals surface area contributed by atoms with Gasteiger partial charge < -0.3 is 12.9 Å². The third kappa shape index (κ3) is 3.98. The van der Waals surface area contributed by atoms with E-state index in [2.05, 4.69) is 0 Å². The summed E-state index contributed by atoms with van der Waals surface area (Å²) >= 11 is 5.20. The number of hydrogen-bond donors (Lipinski definition) is 0. The molecule has 0 nitrogen and oxygen atoms in total. The van der Waals surface area contributed by atoms with E-state index in [0.717, 1.165) is 12.1 Å². The van der Waals surface area contributed by atoms with Crippen molar-refractivity contribution in [2.75, 3.05) is 0 Å². The van der Waals surface area contributed by atoms with Crippen LogP contribution >= 0.6 is 11.6 Å². The van der Waals surface area contributed by atoms with E-state index in [1.807, 2.05) is 0 Å². The van der Waals surface area contributed by atoms with Crippen LogP contribution in [0.5, 0.6) is 0 Å². The first-order valence-electron chi connectivity index (χ1n) is 3.60. The van der Waals surface area contributed by atoms with Crippen LogP contribution < -0.4 is 56.8 Å². The zero-order chi connectivity index (χ0) is 10.9. The molecule has 0 fully saturated rings. The van der Waals surface area contributed by atoms with E-state index < -0.39 is 29.5 Å². The summed E-state index contributed by atoms with van der Waals surface area (Å²) in [6.45, 7) is -5.34. The minimum absolute atomic E-state index is 0. The van der Waals surface area contributed by atoms with Crippen LogP contribution in [0.25, 0.3) is 0 Å². The second-order valence-electron chi connectivity index (χ2n) is 2.63. The third-order valence-electron chi connectivity index (χ3n) is 1.65. The fourth-order valence-corrected chi connectivity index (χ4v) is 1.32. The van der Waals surface area contributed by atoms with Crippen molar-refractivity contribution in [3.05, 3.63) is 28.8 Å². The molecule has 0 aliphatic rings. The summed E-state index contributed by atoms with van der Waals surface area (Å²) in [6.07, 6.45) is -3.00. The molecule has 8 heteroatoms. The second-order valence-corrected chi connectivity index (χ2v) is 3.00. The normalized spacial score (nSPS) is 11.4. The number of alkyl halides is 2. The van der Waals surface area contributed by atoms with E-state index in [9.17, 15) is 21.7 Å². The van der Waals surface area contributed by atoms with Gasteiger partial charge >= 0.3 is 58.4 Å². The van der Waals surface area contributed by atoms with Crippen molar-refractivity contribution in [2.24, 2.45) is 0 Å². The standard InChI is InChI=1S/C7H4BClF5.K/c9-6-4(7(10)11)2-1-3-5(6)8(12,13)14;/h1-3,7H;/q-1;+1. The molecular formula is C7H4BClF5K. The monoisotopic (exact) mass is 268 g/mol. The van der Waals surface area contributed by atoms with Gasteiger partial charge in [-0.2, -0.15) is 0 Å². The molecule has 0 saturated carbocycles. The second kappa shape index (κ2) is 5.97. The fraction of sp³-hybridized carbons (Fsp3) is 0.143. The molecule has 0 spiro atoms. The van der Waals surface area contributed by atoms with Crippen molar-refractivity contribution < 1.29 is 73.1 Å². The molecule has 78 valence electrons. The summed E-state index contributed by atoms with van der Waals surface area (Å²) in [5.74, 6) is 0. The molecule has 0 amide bonds. The van der Waals surface area contributed by atoms with Crippen LogP contribution in [0.15, 0.2) is 18.2 Å². The topological polar surface area (TPSA) is 0 Å². The number of benzene rings is 1. The van der Waals surface area contributed by atoms with E-state index in [-0.39, 0.29) is 51.4 Å². The van der Waals surface area contributed by atoms with Crippen LogP contribution in [0.4, 0.5) is 21.7 Å². The summed E-state index contributed by atoms with van der Waals surface area (Å²) < 4.78 is 61.0. The summed E-state index contributed by atoms with van der Waals surface area (Å²) in [4.78, 5) is 0. The van der Waals surface area contributed by atoms with Gasteiger partial charge in [0.15, 0.2) is 0 Å². The average Bonchev–Trinajstić information content (AvgIpc) is 2.01. The Morgan fingerprint density at radius 2 is 1.67 bits per heavy atom. The molecule has 1 aromatic carbocycles. The van der Waals surface area contributed by atoms with Crippen molar-refractivity contribution in [2.45, 2.75) is 6.43 Å². The quantitative estimate of drug-likeness (QED) is 0.536. The average molecular weight is 268 g/mol. The Morgan fingerprint density at radius 3 is 2.07 bits per heavy atom. The van der Waals surface area contributed by atoms with Gasteiger partial charge in [0.1, 0.15) is 0 Å². The van der Waals surface area contributed by atoms with Gasteiger partial charge in [-0.1, -0.05) is 35.3 Å². The number of rotatable bonds is 2. The maximum absolute atomic E-state index is 12.2. The van der Waals surface area contributed by atoms with Crippen molar-refractivity contribution >= 4 is 24.0 Å². The fourth-order valence-electron chi connectivity index (χ4n) is 0.990. The van der Waals surface area contributed by atoms with Gasteiger partial charge in [0.25, 0.3) is 6.43 Å². The van der Waals surface area contributed by atoms with Crippen LogP contribution in [0.3, 0.4) is 0 Å². The summed E-state index contributed by atoms with van der Waals surface area (Å²) in [5.41, 5.74) is -1.96. The van der Waals surface area contributed by atoms with Gasteiger partial charge in [0.2, 0.25) is 0 Å². The summed E-state index contributed by atoms with van der Waals surface area (Å²) in [6, 6.07) is 2.48. The van der Waals surface area contributed by atoms with E-state index in [0.29, 0.717) is 6.07 Å². The van der Waals surface area contributed by atoms with Gasteiger partial charge in [0.05, 0.1) is 0 Å². The van der Waals surface area contributed by atoms with E-state index in [4.69, 9.17) is 11.6 Å². The Kier molecular flexibility index (Phi) is 6.32. The number of hydrogen-bond acceptors (Lipinski definition) is 0. The Balaban J connectivity index is 0.00000196. The minimum Gasteiger partial charge on any atom is -0.445 e. The van der Waals surface area contributed by atoms with Gasteiger partial charge in [-0.3, -0.25) is 0 Å². The Morgan fingerprint density at radius 1 is 1.13 bits per heavy atom. The molecule has 0 bridgehead atoms. The largest absolute Gasteiger partial charge is 1.00 e. The molecule has 0 aliphatic heterocycles. The van der Waals surface area contributed by atoms with Gasteiger partial charge in [-0.05, 0) is 0 Å². The molecule has 0 heterocycles.